The molecule has 0 aliphatic carbocycles. The molecule has 1 aromatic rings. The van der Waals surface area contributed by atoms with Crippen molar-refractivity contribution in [1.82, 2.24) is 5.32 Å². The lowest BCUT2D eigenvalue weighted by Gasteiger charge is -2.04. The van der Waals surface area contributed by atoms with E-state index in [0.29, 0.717) is 29.0 Å². The minimum atomic E-state index is -0.115. The maximum atomic E-state index is 11.5. The lowest BCUT2D eigenvalue weighted by Crippen LogP contribution is -2.26. The van der Waals surface area contributed by atoms with Gasteiger partial charge in [0.1, 0.15) is 0 Å². The Balaban J connectivity index is 2.18. The fraction of sp³-hybridized carbons (Fsp3) is 0.364. The van der Waals surface area contributed by atoms with Crippen LogP contribution in [0.2, 0.25) is 4.34 Å². The fourth-order valence-electron chi connectivity index (χ4n) is 1.01. The lowest BCUT2D eigenvalue weighted by atomic mass is 10.4. The predicted molar refractivity (Wildman–Crippen MR) is 67.3 cm³/mol. The molecule has 0 radical (unpaired) electrons. The van der Waals surface area contributed by atoms with E-state index in [9.17, 15) is 4.79 Å². The predicted octanol–water partition coefficient (Wildman–Crippen LogP) is 2.72. The minimum Gasteiger partial charge on any atom is -0.375 e. The number of nitrogens with one attached hydrogen (secondary N) is 1. The maximum Gasteiger partial charge on any atom is 0.261 e. The summed E-state index contributed by atoms with van der Waals surface area (Å²) in [6, 6.07) is 3.41. The van der Waals surface area contributed by atoms with Crippen LogP contribution in [0.3, 0.4) is 0 Å². The van der Waals surface area contributed by atoms with E-state index >= 15 is 0 Å². The van der Waals surface area contributed by atoms with Crippen molar-refractivity contribution < 1.29 is 9.53 Å². The first-order valence-corrected chi connectivity index (χ1v) is 6.04. The molecule has 1 aromatic heterocycles. The highest BCUT2D eigenvalue weighted by Crippen LogP contribution is 2.20. The molecule has 88 valence electrons. The van der Waals surface area contributed by atoms with Crippen LogP contribution in [0.1, 0.15) is 16.6 Å². The molecule has 0 bridgehead atoms. The number of rotatable bonds is 6. The first kappa shape index (κ1) is 13.2. The zero-order valence-corrected chi connectivity index (χ0v) is 10.7. The molecule has 0 spiro atoms. The smallest absolute Gasteiger partial charge is 0.261 e. The molecule has 1 N–H and O–H groups in total. The summed E-state index contributed by atoms with van der Waals surface area (Å²) in [5.41, 5.74) is 0.969. The van der Waals surface area contributed by atoms with Crippen molar-refractivity contribution >= 4 is 28.8 Å². The van der Waals surface area contributed by atoms with Gasteiger partial charge in [0, 0.05) is 6.54 Å². The van der Waals surface area contributed by atoms with Crippen molar-refractivity contribution in [2.45, 2.75) is 6.92 Å². The number of carbonyl (C=O) groups is 1. The van der Waals surface area contributed by atoms with Gasteiger partial charge in [-0.25, -0.2) is 0 Å². The number of carbonyl (C=O) groups excluding carboxylic acids is 1. The first-order valence-electron chi connectivity index (χ1n) is 4.85. The second-order valence-corrected chi connectivity index (χ2v) is 5.08. The lowest BCUT2D eigenvalue weighted by molar-refractivity contribution is 0.0931. The molecule has 1 amide bonds. The highest BCUT2D eigenvalue weighted by Gasteiger charge is 2.07. The van der Waals surface area contributed by atoms with Crippen molar-refractivity contribution in [3.63, 3.8) is 0 Å². The topological polar surface area (TPSA) is 38.3 Å². The van der Waals surface area contributed by atoms with Gasteiger partial charge in [-0.3, -0.25) is 4.79 Å². The molecule has 0 saturated carbocycles. The molecule has 16 heavy (non-hydrogen) atoms. The molecular weight excluding hydrogens is 246 g/mol. The van der Waals surface area contributed by atoms with Crippen LogP contribution < -0.4 is 5.32 Å². The summed E-state index contributed by atoms with van der Waals surface area (Å²) in [6.07, 6.45) is 0. The molecule has 1 heterocycles. The summed E-state index contributed by atoms with van der Waals surface area (Å²) in [7, 11) is 0. The number of halogens is 1. The highest BCUT2D eigenvalue weighted by atomic mass is 35.5. The Morgan fingerprint density at radius 3 is 2.94 bits per heavy atom. The van der Waals surface area contributed by atoms with E-state index in [1.54, 1.807) is 12.1 Å². The van der Waals surface area contributed by atoms with Crippen molar-refractivity contribution in [2.24, 2.45) is 0 Å². The van der Waals surface area contributed by atoms with Crippen LogP contribution in [0.5, 0.6) is 0 Å². The first-order chi connectivity index (χ1) is 7.59. The summed E-state index contributed by atoms with van der Waals surface area (Å²) in [5.74, 6) is -0.115. The second-order valence-electron chi connectivity index (χ2n) is 3.37. The molecule has 0 unspecified atom stereocenters. The van der Waals surface area contributed by atoms with E-state index in [1.807, 2.05) is 6.92 Å². The molecule has 3 nitrogen and oxygen atoms in total. The zero-order chi connectivity index (χ0) is 12.0. The van der Waals surface area contributed by atoms with Gasteiger partial charge in [0.25, 0.3) is 5.91 Å². The number of thiophene rings is 1. The monoisotopic (exact) mass is 259 g/mol. The summed E-state index contributed by atoms with van der Waals surface area (Å²) in [5, 5.41) is 2.74. The fourth-order valence-corrected chi connectivity index (χ4v) is 1.97. The minimum absolute atomic E-state index is 0.115. The normalized spacial score (nSPS) is 10.1. The van der Waals surface area contributed by atoms with Gasteiger partial charge in [-0.15, -0.1) is 11.3 Å². The third-order valence-electron chi connectivity index (χ3n) is 1.68. The van der Waals surface area contributed by atoms with Gasteiger partial charge in [0.2, 0.25) is 0 Å². The third-order valence-corrected chi connectivity index (χ3v) is 2.91. The van der Waals surface area contributed by atoms with Crippen LogP contribution in [0, 0.1) is 0 Å². The molecule has 0 atom stereocenters. The van der Waals surface area contributed by atoms with Crippen molar-refractivity contribution in [2.75, 3.05) is 19.8 Å². The van der Waals surface area contributed by atoms with Gasteiger partial charge < -0.3 is 10.1 Å². The molecule has 0 aromatic carbocycles. The van der Waals surface area contributed by atoms with E-state index in [2.05, 4.69) is 11.9 Å². The Bertz CT molecular complexity index is 376. The van der Waals surface area contributed by atoms with Gasteiger partial charge in [0.05, 0.1) is 22.4 Å². The summed E-state index contributed by atoms with van der Waals surface area (Å²) in [4.78, 5) is 12.1. The van der Waals surface area contributed by atoms with Crippen molar-refractivity contribution in [3.8, 4) is 0 Å². The van der Waals surface area contributed by atoms with Gasteiger partial charge in [-0.05, 0) is 19.1 Å². The van der Waals surface area contributed by atoms with Crippen LogP contribution in [0.15, 0.2) is 24.3 Å². The van der Waals surface area contributed by atoms with Crippen LogP contribution in [-0.2, 0) is 4.74 Å². The summed E-state index contributed by atoms with van der Waals surface area (Å²) in [6.45, 7) is 7.11. The van der Waals surface area contributed by atoms with Crippen LogP contribution >= 0.6 is 22.9 Å². The standard InChI is InChI=1S/C11H14ClNO2S/c1-8(2)7-15-6-5-13-11(14)9-3-4-10(12)16-9/h3-4H,1,5-7H2,2H3,(H,13,14). The number of amides is 1. The number of hydrogen-bond acceptors (Lipinski definition) is 3. The van der Waals surface area contributed by atoms with Crippen molar-refractivity contribution in [1.29, 1.82) is 0 Å². The Labute approximate surface area is 104 Å². The Hall–Kier alpha value is -0.840. The SMILES string of the molecule is C=C(C)COCCNC(=O)c1ccc(Cl)s1. The zero-order valence-electron chi connectivity index (χ0n) is 9.09. The molecule has 0 aliphatic heterocycles. The molecule has 5 heteroatoms. The van der Waals surface area contributed by atoms with E-state index < -0.39 is 0 Å². The summed E-state index contributed by atoms with van der Waals surface area (Å²) < 4.78 is 5.86. The average molecular weight is 260 g/mol. The van der Waals surface area contributed by atoms with Crippen molar-refractivity contribution in [3.05, 3.63) is 33.5 Å². The van der Waals surface area contributed by atoms with Crippen LogP contribution in [0.4, 0.5) is 0 Å². The molecule has 0 fully saturated rings. The molecule has 0 aliphatic rings. The second kappa shape index (κ2) is 6.68. The van der Waals surface area contributed by atoms with Gasteiger partial charge in [-0.1, -0.05) is 23.8 Å². The summed E-state index contributed by atoms with van der Waals surface area (Å²) >= 11 is 6.99. The van der Waals surface area contributed by atoms with Gasteiger partial charge >= 0.3 is 0 Å². The van der Waals surface area contributed by atoms with E-state index in [0.717, 1.165) is 5.57 Å². The highest BCUT2D eigenvalue weighted by molar-refractivity contribution is 7.17. The quantitative estimate of drug-likeness (QED) is 0.630. The van der Waals surface area contributed by atoms with E-state index in [1.165, 1.54) is 11.3 Å². The van der Waals surface area contributed by atoms with Gasteiger partial charge in [-0.2, -0.15) is 0 Å². The molecule has 1 rings (SSSR count). The molecule has 0 saturated heterocycles. The van der Waals surface area contributed by atoms with Gasteiger partial charge in [0.15, 0.2) is 0 Å². The molecular formula is C11H14ClNO2S. The average Bonchev–Trinajstić information content (AvgIpc) is 2.63. The number of ether oxygens (including phenoxy) is 1. The maximum absolute atomic E-state index is 11.5. The Kier molecular flexibility index (Phi) is 5.52. The van der Waals surface area contributed by atoms with Crippen LogP contribution in [0.25, 0.3) is 0 Å². The van der Waals surface area contributed by atoms with E-state index in [-0.39, 0.29) is 5.91 Å². The third kappa shape index (κ3) is 4.79. The Morgan fingerprint density at radius 2 is 2.38 bits per heavy atom. The number of hydrogen-bond donors (Lipinski definition) is 1. The van der Waals surface area contributed by atoms with E-state index in [4.69, 9.17) is 16.3 Å². The Morgan fingerprint density at radius 1 is 1.62 bits per heavy atom. The largest absolute Gasteiger partial charge is 0.375 e. The van der Waals surface area contributed by atoms with Crippen LogP contribution in [-0.4, -0.2) is 25.7 Å².